The molecule has 0 aromatic carbocycles. The number of carbonyl (C=O) groups is 2. The Morgan fingerprint density at radius 2 is 1.74 bits per heavy atom. The van der Waals surface area contributed by atoms with Crippen molar-refractivity contribution in [1.29, 1.82) is 0 Å². The fourth-order valence-electron chi connectivity index (χ4n) is 4.25. The second kappa shape index (κ2) is 9.30. The fourth-order valence-corrected chi connectivity index (χ4v) is 4.25. The lowest BCUT2D eigenvalue weighted by atomic mass is 9.72. The maximum atomic E-state index is 12.4. The Hall–Kier alpha value is -1.96. The topological polar surface area (TPSA) is 106 Å². The van der Waals surface area contributed by atoms with Crippen LogP contribution < -0.4 is 11.1 Å². The number of nitrogens with one attached hydrogen (secondary N) is 1. The zero-order valence-corrected chi connectivity index (χ0v) is 16.2. The molecule has 2 fully saturated rings. The van der Waals surface area contributed by atoms with Crippen LogP contribution in [0.3, 0.4) is 0 Å². The maximum absolute atomic E-state index is 12.4. The van der Waals surface area contributed by atoms with Crippen molar-refractivity contribution in [3.8, 4) is 0 Å². The van der Waals surface area contributed by atoms with E-state index in [1.807, 2.05) is 4.90 Å². The summed E-state index contributed by atoms with van der Waals surface area (Å²) in [5.74, 6) is 0.217. The number of rotatable bonds is 6. The minimum absolute atomic E-state index is 0.0592. The van der Waals surface area contributed by atoms with Crippen LogP contribution in [0.2, 0.25) is 0 Å². The molecule has 8 nitrogen and oxygen atoms in total. The molecule has 2 amide bonds. The molecule has 1 aromatic rings. The van der Waals surface area contributed by atoms with Crippen LogP contribution in [-0.4, -0.2) is 51.1 Å². The van der Waals surface area contributed by atoms with Gasteiger partial charge in [-0.15, -0.1) is 5.10 Å². The Morgan fingerprint density at radius 3 is 2.41 bits per heavy atom. The van der Waals surface area contributed by atoms with Crippen molar-refractivity contribution in [3.05, 3.63) is 6.33 Å². The largest absolute Gasteiger partial charge is 0.341 e. The zero-order chi connectivity index (χ0) is 19.1. The van der Waals surface area contributed by atoms with Gasteiger partial charge in [0.25, 0.3) is 0 Å². The second-order valence-electron chi connectivity index (χ2n) is 8.05. The van der Waals surface area contributed by atoms with E-state index in [1.54, 1.807) is 0 Å². The number of likely N-dealkylation sites (tertiary alicyclic amines) is 1. The van der Waals surface area contributed by atoms with Gasteiger partial charge in [0.1, 0.15) is 12.9 Å². The fraction of sp³-hybridized carbons (Fsp3) is 0.789. The van der Waals surface area contributed by atoms with Crippen LogP contribution in [0.25, 0.3) is 0 Å². The van der Waals surface area contributed by atoms with Crippen molar-refractivity contribution < 1.29 is 9.59 Å². The highest BCUT2D eigenvalue weighted by Crippen LogP contribution is 2.38. The molecule has 1 aliphatic heterocycles. The van der Waals surface area contributed by atoms with E-state index in [0.717, 1.165) is 51.6 Å². The van der Waals surface area contributed by atoms with Crippen molar-refractivity contribution in [3.63, 3.8) is 0 Å². The highest BCUT2D eigenvalue weighted by atomic mass is 16.2. The predicted molar refractivity (Wildman–Crippen MR) is 103 cm³/mol. The summed E-state index contributed by atoms with van der Waals surface area (Å²) in [7, 11) is 0. The molecule has 150 valence electrons. The Morgan fingerprint density at radius 1 is 1.07 bits per heavy atom. The van der Waals surface area contributed by atoms with Gasteiger partial charge >= 0.3 is 0 Å². The average Bonchev–Trinajstić information content (AvgIpc) is 2.93. The Bertz CT molecular complexity index is 630. The van der Waals surface area contributed by atoms with Crippen molar-refractivity contribution in [2.45, 2.75) is 70.8 Å². The van der Waals surface area contributed by atoms with E-state index in [1.165, 1.54) is 30.3 Å². The van der Waals surface area contributed by atoms with E-state index in [9.17, 15) is 9.59 Å². The summed E-state index contributed by atoms with van der Waals surface area (Å²) < 4.78 is 1.50. The number of aromatic nitrogens is 3. The molecular weight excluding hydrogens is 344 g/mol. The molecule has 1 saturated heterocycles. The molecular formula is C19H32N6O2. The minimum Gasteiger partial charge on any atom is -0.341 e. The summed E-state index contributed by atoms with van der Waals surface area (Å²) in [4.78, 5) is 30.9. The van der Waals surface area contributed by atoms with E-state index in [4.69, 9.17) is 5.73 Å². The van der Waals surface area contributed by atoms with Crippen LogP contribution >= 0.6 is 0 Å². The van der Waals surface area contributed by atoms with Crippen molar-refractivity contribution in [2.75, 3.05) is 25.0 Å². The quantitative estimate of drug-likeness (QED) is 0.789. The summed E-state index contributed by atoms with van der Waals surface area (Å²) >= 11 is 0. The first-order valence-electron chi connectivity index (χ1n) is 10.3. The van der Waals surface area contributed by atoms with Gasteiger partial charge in [0, 0.05) is 19.5 Å². The highest BCUT2D eigenvalue weighted by Gasteiger charge is 2.33. The van der Waals surface area contributed by atoms with E-state index in [2.05, 4.69) is 15.4 Å². The average molecular weight is 377 g/mol. The third-order valence-electron chi connectivity index (χ3n) is 5.93. The van der Waals surface area contributed by atoms with Crippen LogP contribution in [0.15, 0.2) is 6.33 Å². The van der Waals surface area contributed by atoms with Crippen LogP contribution in [0.5, 0.6) is 0 Å². The Balaban J connectivity index is 1.51. The molecule has 0 unspecified atom stereocenters. The molecule has 0 bridgehead atoms. The van der Waals surface area contributed by atoms with Gasteiger partial charge in [-0.2, -0.15) is 0 Å². The molecule has 1 aromatic heterocycles. The molecule has 0 radical (unpaired) electrons. The van der Waals surface area contributed by atoms with E-state index in [0.29, 0.717) is 13.0 Å². The summed E-state index contributed by atoms with van der Waals surface area (Å²) in [5, 5.41) is 7.01. The van der Waals surface area contributed by atoms with Crippen molar-refractivity contribution in [1.82, 2.24) is 19.7 Å². The Labute approximate surface area is 160 Å². The van der Waals surface area contributed by atoms with Gasteiger partial charge in [-0.25, -0.2) is 9.67 Å². The minimum atomic E-state index is -0.0982. The number of anilines is 1. The van der Waals surface area contributed by atoms with Gasteiger partial charge in [-0.3, -0.25) is 14.9 Å². The molecule has 8 heteroatoms. The third-order valence-corrected chi connectivity index (χ3v) is 5.93. The lowest BCUT2D eigenvalue weighted by molar-refractivity contribution is -0.132. The lowest BCUT2D eigenvalue weighted by Gasteiger charge is -2.35. The first kappa shape index (κ1) is 19.8. The van der Waals surface area contributed by atoms with Crippen LogP contribution in [0.1, 0.15) is 64.2 Å². The number of carbonyl (C=O) groups excluding carboxylic acids is 2. The summed E-state index contributed by atoms with van der Waals surface area (Å²) in [6.07, 6.45) is 11.9. The molecule has 1 saturated carbocycles. The second-order valence-corrected chi connectivity index (χ2v) is 8.05. The van der Waals surface area contributed by atoms with Gasteiger partial charge in [-0.05, 0) is 37.6 Å². The van der Waals surface area contributed by atoms with E-state index < -0.39 is 0 Å². The zero-order valence-electron chi connectivity index (χ0n) is 16.2. The van der Waals surface area contributed by atoms with E-state index >= 15 is 0 Å². The maximum Gasteiger partial charge on any atom is 0.248 e. The summed E-state index contributed by atoms with van der Waals surface area (Å²) in [6.45, 7) is 2.33. The number of hydrogen-bond acceptors (Lipinski definition) is 5. The van der Waals surface area contributed by atoms with E-state index in [-0.39, 0.29) is 29.7 Å². The molecule has 2 aliphatic rings. The lowest BCUT2D eigenvalue weighted by Crippen LogP contribution is -2.36. The highest BCUT2D eigenvalue weighted by molar-refractivity contribution is 5.89. The number of nitrogens with two attached hydrogens (primary N) is 1. The number of nitrogens with zero attached hydrogens (tertiary/aromatic N) is 4. The smallest absolute Gasteiger partial charge is 0.248 e. The van der Waals surface area contributed by atoms with Gasteiger partial charge in [-0.1, -0.05) is 32.1 Å². The standard InChI is InChI=1S/C19H32N6O2/c20-14-19(8-4-3-5-9-19)12-16(26)22-18-21-15-25(23-18)13-17(27)24-10-6-1-2-7-11-24/h15H,1-14,20H2,(H,22,23,26). The normalized spacial score (nSPS) is 20.1. The van der Waals surface area contributed by atoms with Gasteiger partial charge in [0.05, 0.1) is 0 Å². The van der Waals surface area contributed by atoms with Crippen molar-refractivity contribution in [2.24, 2.45) is 11.1 Å². The SMILES string of the molecule is NCC1(CC(=O)Nc2ncn(CC(=O)N3CCCCCC3)n2)CCCCC1. The van der Waals surface area contributed by atoms with Crippen molar-refractivity contribution >= 4 is 17.8 Å². The molecule has 3 rings (SSSR count). The molecule has 0 spiro atoms. The number of hydrogen-bond donors (Lipinski definition) is 2. The first-order valence-corrected chi connectivity index (χ1v) is 10.3. The number of amides is 2. The van der Waals surface area contributed by atoms with Gasteiger partial charge < -0.3 is 10.6 Å². The molecule has 2 heterocycles. The summed E-state index contributed by atoms with van der Waals surface area (Å²) in [5.41, 5.74) is 5.87. The molecule has 3 N–H and O–H groups in total. The van der Waals surface area contributed by atoms with Gasteiger partial charge in [0.2, 0.25) is 17.8 Å². The third kappa shape index (κ3) is 5.51. The molecule has 27 heavy (non-hydrogen) atoms. The molecule has 0 atom stereocenters. The van der Waals surface area contributed by atoms with Crippen LogP contribution in [0.4, 0.5) is 5.95 Å². The summed E-state index contributed by atoms with van der Waals surface area (Å²) in [6, 6.07) is 0. The molecule has 1 aliphatic carbocycles. The van der Waals surface area contributed by atoms with Crippen LogP contribution in [-0.2, 0) is 16.1 Å². The van der Waals surface area contributed by atoms with Crippen LogP contribution in [0, 0.1) is 5.41 Å². The Kier molecular flexibility index (Phi) is 6.82. The monoisotopic (exact) mass is 376 g/mol. The predicted octanol–water partition coefficient (Wildman–Crippen LogP) is 1.92. The first-order chi connectivity index (χ1) is 13.1. The van der Waals surface area contributed by atoms with Gasteiger partial charge in [0.15, 0.2) is 0 Å².